The van der Waals surface area contributed by atoms with E-state index in [0.29, 0.717) is 17.1 Å². The monoisotopic (exact) mass is 393 g/mol. The van der Waals surface area contributed by atoms with Gasteiger partial charge in [-0.05, 0) is 30.3 Å². The second-order valence-corrected chi connectivity index (χ2v) is 5.59. The van der Waals surface area contributed by atoms with Gasteiger partial charge in [0.1, 0.15) is 17.3 Å². The summed E-state index contributed by atoms with van der Waals surface area (Å²) in [4.78, 5) is 23.7. The van der Waals surface area contributed by atoms with Crippen LogP contribution in [0.25, 0.3) is 0 Å². The van der Waals surface area contributed by atoms with Crippen LogP contribution in [0.15, 0.2) is 41.5 Å². The Kier molecular flexibility index (Phi) is 7.13. The van der Waals surface area contributed by atoms with Gasteiger partial charge in [0, 0.05) is 5.56 Å². The summed E-state index contributed by atoms with van der Waals surface area (Å²) < 4.78 is 24.0. The first-order chi connectivity index (χ1) is 13.0. The predicted octanol–water partition coefficient (Wildman–Crippen LogP) is 2.38. The third-order valence-electron chi connectivity index (χ3n) is 3.43. The predicted molar refractivity (Wildman–Crippen MR) is 99.0 cm³/mol. The molecule has 2 rings (SSSR count). The number of carbonyl (C=O) groups is 2. The Morgan fingerprint density at radius 2 is 2.00 bits per heavy atom. The molecular weight excluding hydrogens is 377 g/mol. The molecule has 142 valence electrons. The zero-order valence-electron chi connectivity index (χ0n) is 14.6. The number of amides is 2. The van der Waals surface area contributed by atoms with Crippen molar-refractivity contribution >= 4 is 29.6 Å². The number of nitrogens with one attached hydrogen (secondary N) is 2. The Hall–Kier alpha value is -3.13. The number of nitrogens with zero attached hydrogens (tertiary/aromatic N) is 1. The van der Waals surface area contributed by atoms with Crippen molar-refractivity contribution in [2.24, 2.45) is 5.10 Å². The molecule has 27 heavy (non-hydrogen) atoms. The van der Waals surface area contributed by atoms with Crippen LogP contribution in [-0.4, -0.2) is 38.8 Å². The van der Waals surface area contributed by atoms with Gasteiger partial charge in [0.15, 0.2) is 0 Å². The highest BCUT2D eigenvalue weighted by molar-refractivity contribution is 6.33. The fourth-order valence-corrected chi connectivity index (χ4v) is 2.37. The average molecular weight is 394 g/mol. The first-order valence-corrected chi connectivity index (χ1v) is 8.10. The summed E-state index contributed by atoms with van der Waals surface area (Å²) in [6.45, 7) is -0.407. The molecule has 0 aliphatic rings. The van der Waals surface area contributed by atoms with E-state index in [1.165, 1.54) is 32.6 Å². The number of benzene rings is 2. The van der Waals surface area contributed by atoms with E-state index in [1.54, 1.807) is 18.2 Å². The molecule has 0 spiro atoms. The minimum Gasteiger partial charge on any atom is -0.497 e. The Morgan fingerprint density at radius 1 is 1.22 bits per heavy atom. The van der Waals surface area contributed by atoms with Crippen molar-refractivity contribution in [2.45, 2.75) is 0 Å². The number of halogens is 2. The number of hydrogen-bond acceptors (Lipinski definition) is 5. The zero-order valence-corrected chi connectivity index (χ0v) is 15.3. The minimum absolute atomic E-state index is 0.0453. The topological polar surface area (TPSA) is 89.0 Å². The molecule has 2 aromatic rings. The van der Waals surface area contributed by atoms with Crippen molar-refractivity contribution in [2.75, 3.05) is 20.8 Å². The lowest BCUT2D eigenvalue weighted by Crippen LogP contribution is -2.35. The van der Waals surface area contributed by atoms with E-state index in [0.717, 1.165) is 6.07 Å². The number of rotatable bonds is 7. The standard InChI is InChI=1S/C18H17ClFN3O4/c1-26-12-6-7-15(27-2)11(8-12)9-22-23-16(24)10-21-18(25)17-13(19)4-3-5-14(17)20/h3-9H,10H2,1-2H3,(H,21,25)(H,23,24)/b22-9-. The van der Waals surface area contributed by atoms with Gasteiger partial charge in [-0.3, -0.25) is 9.59 Å². The maximum absolute atomic E-state index is 13.7. The molecule has 0 aromatic heterocycles. The molecule has 2 N–H and O–H groups in total. The van der Waals surface area contributed by atoms with E-state index >= 15 is 0 Å². The van der Waals surface area contributed by atoms with E-state index in [1.807, 2.05) is 0 Å². The van der Waals surface area contributed by atoms with Crippen LogP contribution in [0.4, 0.5) is 4.39 Å². The number of methoxy groups -OCH3 is 2. The molecule has 9 heteroatoms. The zero-order chi connectivity index (χ0) is 19.8. The molecule has 0 atom stereocenters. The van der Waals surface area contributed by atoms with Crippen LogP contribution in [0, 0.1) is 5.82 Å². The Bertz CT molecular complexity index is 853. The fraction of sp³-hybridized carbons (Fsp3) is 0.167. The number of carbonyl (C=O) groups excluding carboxylic acids is 2. The Labute approximate surface area is 160 Å². The van der Waals surface area contributed by atoms with Crippen LogP contribution in [-0.2, 0) is 4.79 Å². The van der Waals surface area contributed by atoms with E-state index in [2.05, 4.69) is 15.8 Å². The minimum atomic E-state index is -0.799. The molecular formula is C18H17ClFN3O4. The van der Waals surface area contributed by atoms with Crippen molar-refractivity contribution in [1.82, 2.24) is 10.7 Å². The van der Waals surface area contributed by atoms with Gasteiger partial charge in [0.05, 0.1) is 37.6 Å². The molecule has 0 bridgehead atoms. The summed E-state index contributed by atoms with van der Waals surface area (Å²) in [6, 6.07) is 8.95. The summed E-state index contributed by atoms with van der Waals surface area (Å²) in [5.41, 5.74) is 2.51. The molecule has 2 aromatic carbocycles. The van der Waals surface area contributed by atoms with E-state index in [4.69, 9.17) is 21.1 Å². The average Bonchev–Trinajstić information content (AvgIpc) is 2.66. The van der Waals surface area contributed by atoms with Gasteiger partial charge < -0.3 is 14.8 Å². The molecule has 2 amide bonds. The van der Waals surface area contributed by atoms with Crippen LogP contribution < -0.4 is 20.2 Å². The Balaban J connectivity index is 1.93. The van der Waals surface area contributed by atoms with Gasteiger partial charge in [-0.1, -0.05) is 17.7 Å². The lowest BCUT2D eigenvalue weighted by molar-refractivity contribution is -0.120. The fourth-order valence-electron chi connectivity index (χ4n) is 2.12. The second kappa shape index (κ2) is 9.54. The summed E-state index contributed by atoms with van der Waals surface area (Å²) in [7, 11) is 3.02. The highest BCUT2D eigenvalue weighted by atomic mass is 35.5. The number of hydrazone groups is 1. The van der Waals surface area contributed by atoms with Crippen molar-refractivity contribution < 1.29 is 23.5 Å². The second-order valence-electron chi connectivity index (χ2n) is 5.18. The highest BCUT2D eigenvalue weighted by Crippen LogP contribution is 2.22. The van der Waals surface area contributed by atoms with Crippen molar-refractivity contribution in [3.05, 3.63) is 58.4 Å². The molecule has 0 saturated heterocycles. The van der Waals surface area contributed by atoms with Gasteiger partial charge in [-0.2, -0.15) is 5.10 Å². The normalized spacial score (nSPS) is 10.5. The van der Waals surface area contributed by atoms with Crippen molar-refractivity contribution in [3.8, 4) is 11.5 Å². The molecule has 0 aliphatic carbocycles. The lowest BCUT2D eigenvalue weighted by Gasteiger charge is -2.08. The van der Waals surface area contributed by atoms with Crippen LogP contribution in [0.3, 0.4) is 0 Å². The molecule has 7 nitrogen and oxygen atoms in total. The summed E-state index contributed by atoms with van der Waals surface area (Å²) >= 11 is 5.80. The van der Waals surface area contributed by atoms with Crippen LogP contribution in [0.2, 0.25) is 5.02 Å². The highest BCUT2D eigenvalue weighted by Gasteiger charge is 2.16. The van der Waals surface area contributed by atoms with Crippen LogP contribution >= 0.6 is 11.6 Å². The molecule has 0 aliphatic heterocycles. The Morgan fingerprint density at radius 3 is 2.67 bits per heavy atom. The van der Waals surface area contributed by atoms with Gasteiger partial charge in [0.25, 0.3) is 11.8 Å². The largest absolute Gasteiger partial charge is 0.497 e. The van der Waals surface area contributed by atoms with E-state index < -0.39 is 24.2 Å². The summed E-state index contributed by atoms with van der Waals surface area (Å²) in [5.74, 6) is -1.04. The van der Waals surface area contributed by atoms with E-state index in [9.17, 15) is 14.0 Å². The van der Waals surface area contributed by atoms with Gasteiger partial charge in [-0.25, -0.2) is 9.82 Å². The van der Waals surface area contributed by atoms with Crippen molar-refractivity contribution in [1.29, 1.82) is 0 Å². The number of hydrogen-bond donors (Lipinski definition) is 2. The third kappa shape index (κ3) is 5.42. The van der Waals surface area contributed by atoms with Gasteiger partial charge in [0.2, 0.25) is 0 Å². The van der Waals surface area contributed by atoms with Crippen LogP contribution in [0.5, 0.6) is 11.5 Å². The van der Waals surface area contributed by atoms with Gasteiger partial charge >= 0.3 is 0 Å². The quantitative estimate of drug-likeness (QED) is 0.558. The summed E-state index contributed by atoms with van der Waals surface area (Å²) in [6.07, 6.45) is 1.37. The maximum atomic E-state index is 13.7. The van der Waals surface area contributed by atoms with Gasteiger partial charge in [-0.15, -0.1) is 0 Å². The molecule has 0 unspecified atom stereocenters. The number of ether oxygens (including phenoxy) is 2. The lowest BCUT2D eigenvalue weighted by atomic mass is 10.2. The first kappa shape index (κ1) is 20.2. The first-order valence-electron chi connectivity index (χ1n) is 7.72. The third-order valence-corrected chi connectivity index (χ3v) is 3.74. The molecule has 0 fully saturated rings. The molecule has 0 saturated carbocycles. The van der Waals surface area contributed by atoms with E-state index in [-0.39, 0.29) is 10.6 Å². The van der Waals surface area contributed by atoms with Crippen LogP contribution in [0.1, 0.15) is 15.9 Å². The molecule has 0 heterocycles. The molecule has 0 radical (unpaired) electrons. The maximum Gasteiger partial charge on any atom is 0.259 e. The van der Waals surface area contributed by atoms with Crippen molar-refractivity contribution in [3.63, 3.8) is 0 Å². The smallest absolute Gasteiger partial charge is 0.259 e. The summed E-state index contributed by atoms with van der Waals surface area (Å²) in [5, 5.41) is 6.03. The SMILES string of the molecule is COc1ccc(OC)c(/C=N\NC(=O)CNC(=O)c2c(F)cccc2Cl)c1.